The van der Waals surface area contributed by atoms with E-state index in [-0.39, 0.29) is 5.41 Å². The minimum Gasteiger partial charge on any atom is -0.353 e. The van der Waals surface area contributed by atoms with E-state index in [1.807, 2.05) is 0 Å². The van der Waals surface area contributed by atoms with Crippen molar-refractivity contribution in [2.24, 2.45) is 5.41 Å². The minimum atomic E-state index is -0.140. The van der Waals surface area contributed by atoms with Gasteiger partial charge in [0.25, 0.3) is 0 Å². The summed E-state index contributed by atoms with van der Waals surface area (Å²) in [5.41, 5.74) is -0.140. The van der Waals surface area contributed by atoms with Crippen LogP contribution in [0.1, 0.15) is 51.9 Å². The van der Waals surface area contributed by atoms with Gasteiger partial charge in [-0.2, -0.15) is 0 Å². The molecule has 4 nitrogen and oxygen atoms in total. The van der Waals surface area contributed by atoms with Crippen LogP contribution in [0.4, 0.5) is 0 Å². The van der Waals surface area contributed by atoms with Crippen molar-refractivity contribution in [3.05, 3.63) is 0 Å². The summed E-state index contributed by atoms with van der Waals surface area (Å²) in [5, 5.41) is 6.76. The molecule has 0 saturated carbocycles. The Morgan fingerprint density at radius 1 is 1.35 bits per heavy atom. The van der Waals surface area contributed by atoms with Crippen LogP contribution in [0.5, 0.6) is 0 Å². The average molecular weight is 279 g/mol. The number of carbonyl (C=O) groups is 1. The molecule has 3 saturated heterocycles. The molecule has 3 aliphatic heterocycles. The summed E-state index contributed by atoms with van der Waals surface area (Å²) in [6.07, 6.45) is 8.21. The third-order valence-electron chi connectivity index (χ3n) is 6.08. The number of fused-ring (bicyclic) bond motifs is 2. The second-order valence-corrected chi connectivity index (χ2v) is 7.11. The molecule has 3 fully saturated rings. The van der Waals surface area contributed by atoms with Crippen molar-refractivity contribution in [2.75, 3.05) is 20.1 Å². The lowest BCUT2D eigenvalue weighted by atomic mass is 9.80. The van der Waals surface area contributed by atoms with Gasteiger partial charge in [-0.05, 0) is 52.1 Å². The van der Waals surface area contributed by atoms with Crippen LogP contribution in [0.3, 0.4) is 0 Å². The van der Waals surface area contributed by atoms with Crippen molar-refractivity contribution < 1.29 is 4.79 Å². The van der Waals surface area contributed by atoms with Gasteiger partial charge in [-0.25, -0.2) is 0 Å². The summed E-state index contributed by atoms with van der Waals surface area (Å²) in [4.78, 5) is 15.3. The van der Waals surface area contributed by atoms with E-state index in [9.17, 15) is 4.79 Å². The molecule has 2 bridgehead atoms. The fraction of sp³-hybridized carbons (Fsp3) is 0.938. The van der Waals surface area contributed by atoms with Gasteiger partial charge in [0.05, 0.1) is 5.41 Å². The molecular weight excluding hydrogens is 250 g/mol. The number of nitrogens with zero attached hydrogens (tertiary/aromatic N) is 1. The molecule has 1 amide bonds. The monoisotopic (exact) mass is 279 g/mol. The molecule has 0 spiro atoms. The van der Waals surface area contributed by atoms with E-state index in [0.29, 0.717) is 24.0 Å². The summed E-state index contributed by atoms with van der Waals surface area (Å²) in [6.45, 7) is 3.99. The van der Waals surface area contributed by atoms with Gasteiger partial charge in [0, 0.05) is 24.7 Å². The Morgan fingerprint density at radius 3 is 2.60 bits per heavy atom. The molecule has 0 aromatic heterocycles. The number of rotatable bonds is 3. The van der Waals surface area contributed by atoms with Crippen LogP contribution in [-0.4, -0.2) is 49.1 Å². The van der Waals surface area contributed by atoms with Crippen LogP contribution in [0, 0.1) is 5.41 Å². The van der Waals surface area contributed by atoms with Crippen LogP contribution < -0.4 is 10.6 Å². The van der Waals surface area contributed by atoms with Gasteiger partial charge < -0.3 is 15.5 Å². The fourth-order valence-electron chi connectivity index (χ4n) is 4.47. The van der Waals surface area contributed by atoms with Crippen molar-refractivity contribution in [2.45, 2.75) is 70.0 Å². The van der Waals surface area contributed by atoms with Gasteiger partial charge >= 0.3 is 0 Å². The van der Waals surface area contributed by atoms with Crippen LogP contribution >= 0.6 is 0 Å². The van der Waals surface area contributed by atoms with Crippen LogP contribution in [0.25, 0.3) is 0 Å². The zero-order valence-electron chi connectivity index (χ0n) is 13.0. The summed E-state index contributed by atoms with van der Waals surface area (Å²) in [5.74, 6) is 0.303. The van der Waals surface area contributed by atoms with Crippen LogP contribution in [0.15, 0.2) is 0 Å². The largest absolute Gasteiger partial charge is 0.353 e. The number of nitrogens with one attached hydrogen (secondary N) is 2. The topological polar surface area (TPSA) is 44.4 Å². The molecule has 4 heteroatoms. The Labute approximate surface area is 122 Å². The summed E-state index contributed by atoms with van der Waals surface area (Å²) in [6, 6.07) is 1.78. The number of carbonyl (C=O) groups excluding carboxylic acids is 1. The molecule has 0 aromatic carbocycles. The highest BCUT2D eigenvalue weighted by Gasteiger charge is 2.42. The fourth-order valence-corrected chi connectivity index (χ4v) is 4.47. The number of amides is 1. The van der Waals surface area contributed by atoms with E-state index in [1.54, 1.807) is 0 Å². The molecule has 3 unspecified atom stereocenters. The summed E-state index contributed by atoms with van der Waals surface area (Å²) >= 11 is 0. The Bertz CT molecular complexity index is 351. The van der Waals surface area contributed by atoms with E-state index < -0.39 is 0 Å². The van der Waals surface area contributed by atoms with Crippen molar-refractivity contribution >= 4 is 5.91 Å². The maximum atomic E-state index is 12.7. The van der Waals surface area contributed by atoms with E-state index in [1.165, 1.54) is 19.3 Å². The second kappa shape index (κ2) is 5.64. The Kier molecular flexibility index (Phi) is 4.04. The van der Waals surface area contributed by atoms with Gasteiger partial charge in [0.15, 0.2) is 0 Å². The van der Waals surface area contributed by atoms with E-state index in [0.717, 1.165) is 38.8 Å². The molecule has 0 radical (unpaired) electrons. The van der Waals surface area contributed by atoms with Crippen molar-refractivity contribution in [1.82, 2.24) is 15.5 Å². The quantitative estimate of drug-likeness (QED) is 0.823. The zero-order valence-corrected chi connectivity index (χ0v) is 13.0. The molecule has 3 rings (SSSR count). The highest BCUT2D eigenvalue weighted by molar-refractivity contribution is 5.83. The molecular formula is C16H29N3O. The summed E-state index contributed by atoms with van der Waals surface area (Å²) in [7, 11) is 2.26. The SMILES string of the molecule is CCC1(C(=O)NC2CC3CCCC(C2)N3C)CCNC1. The zero-order chi connectivity index (χ0) is 14.2. The van der Waals surface area contributed by atoms with Gasteiger partial charge in [-0.3, -0.25) is 4.79 Å². The molecule has 2 N–H and O–H groups in total. The van der Waals surface area contributed by atoms with E-state index in [2.05, 4.69) is 29.5 Å². The number of piperidine rings is 2. The highest BCUT2D eigenvalue weighted by Crippen LogP contribution is 2.34. The maximum Gasteiger partial charge on any atom is 0.227 e. The lowest BCUT2D eigenvalue weighted by molar-refractivity contribution is -0.131. The lowest BCUT2D eigenvalue weighted by Crippen LogP contribution is -2.57. The Hall–Kier alpha value is -0.610. The first kappa shape index (κ1) is 14.3. The van der Waals surface area contributed by atoms with Crippen molar-refractivity contribution in [1.29, 1.82) is 0 Å². The highest BCUT2D eigenvalue weighted by atomic mass is 16.2. The van der Waals surface area contributed by atoms with Crippen molar-refractivity contribution in [3.63, 3.8) is 0 Å². The Balaban J connectivity index is 1.62. The van der Waals surface area contributed by atoms with Crippen LogP contribution in [0.2, 0.25) is 0 Å². The second-order valence-electron chi connectivity index (χ2n) is 7.11. The van der Waals surface area contributed by atoms with Gasteiger partial charge in [0.1, 0.15) is 0 Å². The van der Waals surface area contributed by atoms with Crippen LogP contribution in [-0.2, 0) is 4.79 Å². The minimum absolute atomic E-state index is 0.140. The summed E-state index contributed by atoms with van der Waals surface area (Å²) < 4.78 is 0. The first-order valence-corrected chi connectivity index (χ1v) is 8.38. The van der Waals surface area contributed by atoms with E-state index >= 15 is 0 Å². The number of hydrogen-bond acceptors (Lipinski definition) is 3. The number of hydrogen-bond donors (Lipinski definition) is 2. The first-order chi connectivity index (χ1) is 9.64. The third kappa shape index (κ3) is 2.48. The molecule has 3 atom stereocenters. The predicted molar refractivity (Wildman–Crippen MR) is 80.6 cm³/mol. The predicted octanol–water partition coefficient (Wildman–Crippen LogP) is 1.51. The maximum absolute atomic E-state index is 12.7. The molecule has 20 heavy (non-hydrogen) atoms. The van der Waals surface area contributed by atoms with Gasteiger partial charge in [-0.1, -0.05) is 13.3 Å². The molecule has 3 heterocycles. The van der Waals surface area contributed by atoms with Gasteiger partial charge in [-0.15, -0.1) is 0 Å². The smallest absolute Gasteiger partial charge is 0.227 e. The lowest BCUT2D eigenvalue weighted by Gasteiger charge is -2.47. The average Bonchev–Trinajstić information content (AvgIpc) is 2.90. The Morgan fingerprint density at radius 2 is 2.05 bits per heavy atom. The first-order valence-electron chi connectivity index (χ1n) is 8.38. The van der Waals surface area contributed by atoms with Crippen molar-refractivity contribution in [3.8, 4) is 0 Å². The molecule has 3 aliphatic rings. The molecule has 0 aliphatic carbocycles. The standard InChI is InChI=1S/C16H29N3O/c1-3-16(7-8-17-11-16)15(20)18-12-9-13-5-4-6-14(10-12)19(13)2/h12-14,17H,3-11H2,1-2H3,(H,18,20). The molecule has 114 valence electrons. The van der Waals surface area contributed by atoms with E-state index in [4.69, 9.17) is 0 Å². The van der Waals surface area contributed by atoms with Gasteiger partial charge in [0.2, 0.25) is 5.91 Å². The molecule has 0 aromatic rings. The third-order valence-corrected chi connectivity index (χ3v) is 6.08. The normalized spacial score (nSPS) is 41.6.